The summed E-state index contributed by atoms with van der Waals surface area (Å²) in [5, 5.41) is 4.34. The molecule has 2 heterocycles. The van der Waals surface area contributed by atoms with Crippen LogP contribution in [0.15, 0.2) is 42.6 Å². The van der Waals surface area contributed by atoms with Crippen LogP contribution in [0.4, 0.5) is 0 Å². The lowest BCUT2D eigenvalue weighted by molar-refractivity contribution is 0.0895. The molecule has 4 heteroatoms. The molecule has 1 aromatic carbocycles. The van der Waals surface area contributed by atoms with Crippen molar-refractivity contribution in [2.45, 2.75) is 6.42 Å². The van der Waals surface area contributed by atoms with Gasteiger partial charge in [0.1, 0.15) is 5.69 Å². The predicted octanol–water partition coefficient (Wildman–Crippen LogP) is 2.09. The molecule has 0 N–H and O–H groups in total. The van der Waals surface area contributed by atoms with Crippen molar-refractivity contribution < 1.29 is 9.53 Å². The SMILES string of the molecule is O=C(c1ccn(-c2ccccc2)n1)C1CCOC1. The van der Waals surface area contributed by atoms with E-state index in [9.17, 15) is 4.79 Å². The maximum Gasteiger partial charge on any atom is 0.188 e. The summed E-state index contributed by atoms with van der Waals surface area (Å²) in [6, 6.07) is 11.5. The molecule has 1 aliphatic rings. The second-order valence-corrected chi connectivity index (χ2v) is 4.41. The van der Waals surface area contributed by atoms with Crippen LogP contribution in [-0.2, 0) is 4.74 Å². The van der Waals surface area contributed by atoms with Crippen molar-refractivity contribution >= 4 is 5.78 Å². The number of carbonyl (C=O) groups is 1. The van der Waals surface area contributed by atoms with Crippen LogP contribution in [0, 0.1) is 5.92 Å². The molecule has 1 aromatic heterocycles. The third-order valence-corrected chi connectivity index (χ3v) is 3.16. The summed E-state index contributed by atoms with van der Waals surface area (Å²) in [4.78, 5) is 12.1. The van der Waals surface area contributed by atoms with Gasteiger partial charge in [-0.3, -0.25) is 4.79 Å². The monoisotopic (exact) mass is 242 g/mol. The highest BCUT2D eigenvalue weighted by atomic mass is 16.5. The number of ketones is 1. The zero-order valence-corrected chi connectivity index (χ0v) is 9.95. The van der Waals surface area contributed by atoms with E-state index in [1.807, 2.05) is 36.5 Å². The molecule has 0 bridgehead atoms. The van der Waals surface area contributed by atoms with Gasteiger partial charge >= 0.3 is 0 Å². The predicted molar refractivity (Wildman–Crippen MR) is 66.8 cm³/mol. The zero-order chi connectivity index (χ0) is 12.4. The summed E-state index contributed by atoms with van der Waals surface area (Å²) >= 11 is 0. The van der Waals surface area contributed by atoms with Crippen LogP contribution in [0.3, 0.4) is 0 Å². The van der Waals surface area contributed by atoms with E-state index in [0.29, 0.717) is 18.9 Å². The Hall–Kier alpha value is -1.94. The van der Waals surface area contributed by atoms with E-state index in [0.717, 1.165) is 12.1 Å². The van der Waals surface area contributed by atoms with Gasteiger partial charge in [-0.2, -0.15) is 5.10 Å². The van der Waals surface area contributed by atoms with Gasteiger partial charge in [0.25, 0.3) is 0 Å². The van der Waals surface area contributed by atoms with Crippen LogP contribution >= 0.6 is 0 Å². The lowest BCUT2D eigenvalue weighted by Crippen LogP contribution is -2.15. The fourth-order valence-electron chi connectivity index (χ4n) is 2.13. The average Bonchev–Trinajstić information content (AvgIpc) is 3.10. The summed E-state index contributed by atoms with van der Waals surface area (Å²) in [6.07, 6.45) is 2.62. The van der Waals surface area contributed by atoms with E-state index in [4.69, 9.17) is 4.74 Å². The first kappa shape index (κ1) is 11.2. The molecule has 1 unspecified atom stereocenters. The van der Waals surface area contributed by atoms with E-state index in [1.165, 1.54) is 0 Å². The summed E-state index contributed by atoms with van der Waals surface area (Å²) in [6.45, 7) is 1.20. The van der Waals surface area contributed by atoms with Crippen molar-refractivity contribution in [2.24, 2.45) is 5.92 Å². The smallest absolute Gasteiger partial charge is 0.188 e. The van der Waals surface area contributed by atoms with Crippen molar-refractivity contribution in [3.8, 4) is 5.69 Å². The Morgan fingerprint density at radius 1 is 1.28 bits per heavy atom. The average molecular weight is 242 g/mol. The van der Waals surface area contributed by atoms with Crippen molar-refractivity contribution in [3.05, 3.63) is 48.3 Å². The van der Waals surface area contributed by atoms with E-state index in [-0.39, 0.29) is 11.7 Å². The molecule has 18 heavy (non-hydrogen) atoms. The maximum absolute atomic E-state index is 12.1. The minimum absolute atomic E-state index is 0.0240. The Morgan fingerprint density at radius 2 is 2.11 bits per heavy atom. The van der Waals surface area contributed by atoms with E-state index in [2.05, 4.69) is 5.10 Å². The number of rotatable bonds is 3. The normalized spacial score (nSPS) is 19.0. The number of aromatic nitrogens is 2. The number of benzene rings is 1. The minimum Gasteiger partial charge on any atom is -0.381 e. The number of Topliss-reactive ketones (excluding diaryl/α,β-unsaturated/α-hetero) is 1. The first-order chi connectivity index (χ1) is 8.84. The Kier molecular flexibility index (Phi) is 2.94. The van der Waals surface area contributed by atoms with Gasteiger partial charge < -0.3 is 4.74 Å². The lowest BCUT2D eigenvalue weighted by Gasteiger charge is -2.03. The van der Waals surface area contributed by atoms with Crippen LogP contribution in [0.2, 0.25) is 0 Å². The van der Waals surface area contributed by atoms with Gasteiger partial charge in [-0.15, -0.1) is 0 Å². The number of hydrogen-bond donors (Lipinski definition) is 0. The fourth-order valence-corrected chi connectivity index (χ4v) is 2.13. The lowest BCUT2D eigenvalue weighted by atomic mass is 10.0. The second-order valence-electron chi connectivity index (χ2n) is 4.41. The van der Waals surface area contributed by atoms with Gasteiger partial charge in [0.2, 0.25) is 0 Å². The molecule has 1 saturated heterocycles. The fraction of sp³-hybridized carbons (Fsp3) is 0.286. The highest BCUT2D eigenvalue weighted by molar-refractivity contribution is 5.96. The maximum atomic E-state index is 12.1. The van der Waals surface area contributed by atoms with Crippen molar-refractivity contribution in [1.82, 2.24) is 9.78 Å². The van der Waals surface area contributed by atoms with Crippen LogP contribution in [0.1, 0.15) is 16.9 Å². The molecular weight excluding hydrogens is 228 g/mol. The zero-order valence-electron chi connectivity index (χ0n) is 9.95. The van der Waals surface area contributed by atoms with Crippen LogP contribution in [0.25, 0.3) is 5.69 Å². The summed E-state index contributed by atoms with van der Waals surface area (Å²) in [5.74, 6) is 0.0614. The van der Waals surface area contributed by atoms with E-state index >= 15 is 0 Å². The molecule has 1 fully saturated rings. The topological polar surface area (TPSA) is 44.1 Å². The first-order valence-corrected chi connectivity index (χ1v) is 6.07. The van der Waals surface area contributed by atoms with Gasteiger partial charge in [0, 0.05) is 18.7 Å². The van der Waals surface area contributed by atoms with E-state index in [1.54, 1.807) is 10.7 Å². The molecule has 0 amide bonds. The van der Waals surface area contributed by atoms with Gasteiger partial charge in [0.15, 0.2) is 5.78 Å². The van der Waals surface area contributed by atoms with Crippen molar-refractivity contribution in [3.63, 3.8) is 0 Å². The number of carbonyl (C=O) groups excluding carboxylic acids is 1. The third kappa shape index (κ3) is 2.07. The van der Waals surface area contributed by atoms with Crippen molar-refractivity contribution in [1.29, 1.82) is 0 Å². The molecule has 1 aliphatic heterocycles. The largest absolute Gasteiger partial charge is 0.381 e. The van der Waals surface area contributed by atoms with Crippen LogP contribution in [-0.4, -0.2) is 28.8 Å². The molecule has 2 aromatic rings. The highest BCUT2D eigenvalue weighted by Crippen LogP contribution is 2.18. The van der Waals surface area contributed by atoms with Crippen LogP contribution in [0.5, 0.6) is 0 Å². The number of nitrogens with zero attached hydrogens (tertiary/aromatic N) is 2. The van der Waals surface area contributed by atoms with Gasteiger partial charge in [-0.25, -0.2) is 4.68 Å². The number of hydrogen-bond acceptors (Lipinski definition) is 3. The van der Waals surface area contributed by atoms with Gasteiger partial charge in [-0.05, 0) is 24.6 Å². The molecule has 0 aliphatic carbocycles. The standard InChI is InChI=1S/C14H14N2O2/c17-14(11-7-9-18-10-11)13-6-8-16(15-13)12-4-2-1-3-5-12/h1-6,8,11H,7,9-10H2. The van der Waals surface area contributed by atoms with Crippen LogP contribution < -0.4 is 0 Å². The Morgan fingerprint density at radius 3 is 2.83 bits per heavy atom. The van der Waals surface area contributed by atoms with Gasteiger partial charge in [-0.1, -0.05) is 18.2 Å². The molecule has 4 nitrogen and oxygen atoms in total. The Balaban J connectivity index is 1.83. The quantitative estimate of drug-likeness (QED) is 0.774. The summed E-state index contributed by atoms with van der Waals surface area (Å²) in [7, 11) is 0. The Bertz CT molecular complexity index is 542. The second kappa shape index (κ2) is 4.74. The number of ether oxygens (including phenoxy) is 1. The summed E-state index contributed by atoms with van der Waals surface area (Å²) in [5.41, 5.74) is 1.48. The molecule has 0 radical (unpaired) electrons. The molecule has 0 saturated carbocycles. The highest BCUT2D eigenvalue weighted by Gasteiger charge is 2.26. The Labute approximate surface area is 105 Å². The molecule has 3 rings (SSSR count). The van der Waals surface area contributed by atoms with Crippen molar-refractivity contribution in [2.75, 3.05) is 13.2 Å². The number of para-hydroxylation sites is 1. The third-order valence-electron chi connectivity index (χ3n) is 3.16. The van der Waals surface area contributed by atoms with Gasteiger partial charge in [0.05, 0.1) is 12.3 Å². The van der Waals surface area contributed by atoms with E-state index < -0.39 is 0 Å². The molecular formula is C14H14N2O2. The summed E-state index contributed by atoms with van der Waals surface area (Å²) < 4.78 is 6.96. The molecule has 1 atom stereocenters. The molecule has 0 spiro atoms. The molecule has 92 valence electrons. The minimum atomic E-state index is -0.0240. The first-order valence-electron chi connectivity index (χ1n) is 6.07.